The van der Waals surface area contributed by atoms with Crippen molar-refractivity contribution in [2.75, 3.05) is 10.6 Å². The maximum atomic E-state index is 13.0. The average Bonchev–Trinajstić information content (AvgIpc) is 2.51. The topological polar surface area (TPSA) is 82.0 Å². The number of rotatable bonds is 4. The van der Waals surface area contributed by atoms with E-state index in [4.69, 9.17) is 16.9 Å². The van der Waals surface area contributed by atoms with Crippen molar-refractivity contribution in [2.45, 2.75) is 6.42 Å². The van der Waals surface area contributed by atoms with Crippen molar-refractivity contribution in [3.8, 4) is 6.07 Å². The molecule has 0 fully saturated rings. The molecule has 2 N–H and O–H groups in total. The Hall–Kier alpha value is -2.91. The van der Waals surface area contributed by atoms with E-state index < -0.39 is 24.1 Å². The summed E-state index contributed by atoms with van der Waals surface area (Å²) in [6, 6.07) is 11.9. The van der Waals surface area contributed by atoms with Crippen molar-refractivity contribution in [3.63, 3.8) is 0 Å². The van der Waals surface area contributed by atoms with Crippen LogP contribution >= 0.6 is 11.6 Å². The molecule has 0 aliphatic heterocycles. The number of hydrogen-bond acceptors (Lipinski definition) is 3. The molecule has 7 heteroatoms. The molecule has 23 heavy (non-hydrogen) atoms. The summed E-state index contributed by atoms with van der Waals surface area (Å²) in [5.41, 5.74) is 1.24. The fourth-order valence-electron chi connectivity index (χ4n) is 1.76. The van der Waals surface area contributed by atoms with Gasteiger partial charge in [-0.05, 0) is 42.5 Å². The summed E-state index contributed by atoms with van der Waals surface area (Å²) >= 11 is 5.61. The van der Waals surface area contributed by atoms with Gasteiger partial charge in [0.25, 0.3) is 0 Å². The van der Waals surface area contributed by atoms with E-state index >= 15 is 0 Å². The molecule has 0 bridgehead atoms. The minimum Gasteiger partial charge on any atom is -0.326 e. The van der Waals surface area contributed by atoms with Crippen LogP contribution in [0.5, 0.6) is 0 Å². The molecule has 0 aliphatic rings. The third kappa shape index (κ3) is 4.80. The first-order valence-corrected chi connectivity index (χ1v) is 6.90. The second-order valence-corrected chi connectivity index (χ2v) is 5.00. The van der Waals surface area contributed by atoms with Gasteiger partial charge in [-0.3, -0.25) is 9.59 Å². The molecule has 2 amide bonds. The minimum absolute atomic E-state index is 0.121. The van der Waals surface area contributed by atoms with Gasteiger partial charge in [-0.1, -0.05) is 11.6 Å². The predicted octanol–water partition coefficient (Wildman–Crippen LogP) is 3.32. The Balaban J connectivity index is 1.90. The van der Waals surface area contributed by atoms with Gasteiger partial charge in [0, 0.05) is 11.4 Å². The summed E-state index contributed by atoms with van der Waals surface area (Å²) in [4.78, 5) is 23.5. The van der Waals surface area contributed by atoms with Crippen LogP contribution in [0.2, 0.25) is 5.02 Å². The van der Waals surface area contributed by atoms with E-state index in [1.165, 1.54) is 12.1 Å². The molecule has 2 aromatic carbocycles. The van der Waals surface area contributed by atoms with Gasteiger partial charge >= 0.3 is 0 Å². The van der Waals surface area contributed by atoms with Crippen LogP contribution in [0, 0.1) is 17.1 Å². The molecule has 0 atom stereocenters. The Kier molecular flexibility index (Phi) is 5.28. The molecule has 0 spiro atoms. The van der Waals surface area contributed by atoms with Gasteiger partial charge in [-0.25, -0.2) is 4.39 Å². The molecule has 0 unspecified atom stereocenters. The van der Waals surface area contributed by atoms with E-state index in [1.54, 1.807) is 24.3 Å². The highest BCUT2D eigenvalue weighted by Crippen LogP contribution is 2.19. The SMILES string of the molecule is N#Cc1ccc(NC(=O)CC(=O)Nc2ccc(F)c(Cl)c2)cc1. The van der Waals surface area contributed by atoms with Crippen LogP contribution in [-0.2, 0) is 9.59 Å². The Bertz CT molecular complexity index is 785. The van der Waals surface area contributed by atoms with Crippen LogP contribution in [0.15, 0.2) is 42.5 Å². The van der Waals surface area contributed by atoms with Crippen LogP contribution in [0.25, 0.3) is 0 Å². The van der Waals surface area contributed by atoms with Crippen molar-refractivity contribution < 1.29 is 14.0 Å². The fraction of sp³-hybridized carbons (Fsp3) is 0.0625. The van der Waals surface area contributed by atoms with Crippen LogP contribution in [0.1, 0.15) is 12.0 Å². The fourth-order valence-corrected chi connectivity index (χ4v) is 1.94. The number of benzene rings is 2. The summed E-state index contributed by atoms with van der Waals surface area (Å²) in [5, 5.41) is 13.5. The van der Waals surface area contributed by atoms with Gasteiger partial charge in [-0.2, -0.15) is 5.26 Å². The highest BCUT2D eigenvalue weighted by Gasteiger charge is 2.11. The molecular formula is C16H11ClFN3O2. The Labute approximate surface area is 136 Å². The normalized spacial score (nSPS) is 9.78. The molecule has 0 aliphatic carbocycles. The van der Waals surface area contributed by atoms with Gasteiger partial charge < -0.3 is 10.6 Å². The molecule has 2 aromatic rings. The average molecular weight is 332 g/mol. The van der Waals surface area contributed by atoms with Crippen molar-refractivity contribution in [2.24, 2.45) is 0 Å². The molecule has 5 nitrogen and oxygen atoms in total. The lowest BCUT2D eigenvalue weighted by Crippen LogP contribution is -2.21. The van der Waals surface area contributed by atoms with E-state index in [1.807, 2.05) is 6.07 Å². The van der Waals surface area contributed by atoms with Crippen LogP contribution in [-0.4, -0.2) is 11.8 Å². The summed E-state index contributed by atoms with van der Waals surface area (Å²) in [6.07, 6.45) is -0.408. The number of nitrogens with zero attached hydrogens (tertiary/aromatic N) is 1. The third-order valence-electron chi connectivity index (χ3n) is 2.82. The number of amides is 2. The van der Waals surface area contributed by atoms with Crippen LogP contribution in [0.4, 0.5) is 15.8 Å². The smallest absolute Gasteiger partial charge is 0.233 e. The third-order valence-corrected chi connectivity index (χ3v) is 3.11. The van der Waals surface area contributed by atoms with E-state index in [0.29, 0.717) is 16.9 Å². The first-order valence-electron chi connectivity index (χ1n) is 6.53. The first-order chi connectivity index (χ1) is 11.0. The number of anilines is 2. The van der Waals surface area contributed by atoms with Gasteiger partial charge in [0.15, 0.2) is 0 Å². The number of halogens is 2. The second kappa shape index (κ2) is 7.38. The number of carbonyl (C=O) groups excluding carboxylic acids is 2. The standard InChI is InChI=1S/C16H11ClFN3O2/c17-13-7-12(5-6-14(13)18)21-16(23)8-15(22)20-11-3-1-10(9-19)2-4-11/h1-7H,8H2,(H,20,22)(H,21,23). The van der Waals surface area contributed by atoms with E-state index in [-0.39, 0.29) is 5.02 Å². The van der Waals surface area contributed by atoms with Gasteiger partial charge in [0.1, 0.15) is 12.2 Å². The molecular weight excluding hydrogens is 321 g/mol. The van der Waals surface area contributed by atoms with Gasteiger partial charge in [-0.15, -0.1) is 0 Å². The van der Waals surface area contributed by atoms with Crippen LogP contribution in [0.3, 0.4) is 0 Å². The molecule has 0 heterocycles. The monoisotopic (exact) mass is 331 g/mol. The maximum absolute atomic E-state index is 13.0. The lowest BCUT2D eigenvalue weighted by molar-refractivity contribution is -0.123. The number of hydrogen-bond donors (Lipinski definition) is 2. The molecule has 0 saturated heterocycles. The zero-order chi connectivity index (χ0) is 16.8. The molecule has 0 radical (unpaired) electrons. The highest BCUT2D eigenvalue weighted by molar-refractivity contribution is 6.31. The maximum Gasteiger partial charge on any atom is 0.233 e. The summed E-state index contributed by atoms with van der Waals surface area (Å²) in [7, 11) is 0. The largest absolute Gasteiger partial charge is 0.326 e. The Morgan fingerprint density at radius 2 is 1.61 bits per heavy atom. The number of nitrogens with one attached hydrogen (secondary N) is 2. The number of nitriles is 1. The lowest BCUT2D eigenvalue weighted by Gasteiger charge is -2.07. The Morgan fingerprint density at radius 3 is 2.17 bits per heavy atom. The minimum atomic E-state index is -0.594. The summed E-state index contributed by atoms with van der Waals surface area (Å²) in [5.74, 6) is -1.66. The van der Waals surface area contributed by atoms with Crippen molar-refractivity contribution in [1.82, 2.24) is 0 Å². The van der Waals surface area contributed by atoms with E-state index in [2.05, 4.69) is 10.6 Å². The first kappa shape index (κ1) is 16.5. The van der Waals surface area contributed by atoms with Gasteiger partial charge in [0.05, 0.1) is 16.7 Å². The zero-order valence-corrected chi connectivity index (χ0v) is 12.5. The molecule has 0 saturated carbocycles. The summed E-state index contributed by atoms with van der Waals surface area (Å²) in [6.45, 7) is 0. The van der Waals surface area contributed by atoms with Crippen molar-refractivity contribution in [1.29, 1.82) is 5.26 Å². The molecule has 116 valence electrons. The van der Waals surface area contributed by atoms with Crippen molar-refractivity contribution in [3.05, 3.63) is 58.9 Å². The molecule has 0 aromatic heterocycles. The van der Waals surface area contributed by atoms with Crippen molar-refractivity contribution >= 4 is 34.8 Å². The second-order valence-electron chi connectivity index (χ2n) is 4.59. The predicted molar refractivity (Wildman–Crippen MR) is 84.4 cm³/mol. The van der Waals surface area contributed by atoms with Gasteiger partial charge in [0.2, 0.25) is 11.8 Å². The quantitative estimate of drug-likeness (QED) is 0.843. The highest BCUT2D eigenvalue weighted by atomic mass is 35.5. The van der Waals surface area contributed by atoms with E-state index in [0.717, 1.165) is 6.07 Å². The molecule has 2 rings (SSSR count). The number of carbonyl (C=O) groups is 2. The lowest BCUT2D eigenvalue weighted by atomic mass is 10.2. The van der Waals surface area contributed by atoms with E-state index in [9.17, 15) is 14.0 Å². The zero-order valence-electron chi connectivity index (χ0n) is 11.8. The Morgan fingerprint density at radius 1 is 1.04 bits per heavy atom. The summed E-state index contributed by atoms with van der Waals surface area (Å²) < 4.78 is 13.0. The van der Waals surface area contributed by atoms with Crippen LogP contribution < -0.4 is 10.6 Å².